The van der Waals surface area contributed by atoms with Crippen LogP contribution in [0.25, 0.3) is 10.6 Å². The van der Waals surface area contributed by atoms with Crippen molar-refractivity contribution in [2.75, 3.05) is 5.32 Å². The highest BCUT2D eigenvalue weighted by atomic mass is 32.1. The number of halogens is 1. The Hall–Kier alpha value is -2.93. The summed E-state index contributed by atoms with van der Waals surface area (Å²) in [6.45, 7) is 1.84. The van der Waals surface area contributed by atoms with Gasteiger partial charge >= 0.3 is 0 Å². The third-order valence-electron chi connectivity index (χ3n) is 3.31. The smallest absolute Gasteiger partial charge is 0.265 e. The Bertz CT molecular complexity index is 930. The van der Waals surface area contributed by atoms with E-state index in [4.69, 9.17) is 10.2 Å². The SMILES string of the molecule is Cc1ccc(-c2ccc(C(=O)Nc3ccc(C(N)=O)cc3F)s2)o1. The summed E-state index contributed by atoms with van der Waals surface area (Å²) in [6, 6.07) is 10.7. The molecule has 0 aliphatic heterocycles. The third kappa shape index (κ3) is 3.21. The molecule has 3 N–H and O–H groups in total. The molecule has 2 amide bonds. The van der Waals surface area contributed by atoms with E-state index >= 15 is 0 Å². The van der Waals surface area contributed by atoms with Crippen LogP contribution in [0.4, 0.5) is 10.1 Å². The first-order valence-electron chi connectivity index (χ1n) is 7.01. The number of hydrogen-bond donors (Lipinski definition) is 2. The molecule has 0 spiro atoms. The number of aryl methyl sites for hydroxylation is 1. The summed E-state index contributed by atoms with van der Waals surface area (Å²) in [5.74, 6) is -0.448. The molecule has 0 aliphatic rings. The number of primary amides is 1. The quantitative estimate of drug-likeness (QED) is 0.755. The van der Waals surface area contributed by atoms with Crippen LogP contribution in [-0.4, -0.2) is 11.8 Å². The van der Waals surface area contributed by atoms with Crippen LogP contribution >= 0.6 is 11.3 Å². The third-order valence-corrected chi connectivity index (χ3v) is 4.41. The maximum Gasteiger partial charge on any atom is 0.265 e. The summed E-state index contributed by atoms with van der Waals surface area (Å²) in [7, 11) is 0. The van der Waals surface area contributed by atoms with Gasteiger partial charge in [-0.1, -0.05) is 0 Å². The van der Waals surface area contributed by atoms with Gasteiger partial charge < -0.3 is 15.5 Å². The van der Waals surface area contributed by atoms with Gasteiger partial charge in [0.25, 0.3) is 5.91 Å². The Morgan fingerprint density at radius 3 is 2.58 bits per heavy atom. The fourth-order valence-electron chi connectivity index (χ4n) is 2.11. The first-order valence-corrected chi connectivity index (χ1v) is 7.83. The summed E-state index contributed by atoms with van der Waals surface area (Å²) in [5.41, 5.74) is 5.10. The molecule has 0 atom stereocenters. The minimum absolute atomic E-state index is 0.0196. The second-order valence-electron chi connectivity index (χ2n) is 5.09. The first-order chi connectivity index (χ1) is 11.4. The molecule has 0 aliphatic carbocycles. The maximum absolute atomic E-state index is 13.9. The van der Waals surface area contributed by atoms with Gasteiger partial charge in [0.1, 0.15) is 17.3 Å². The van der Waals surface area contributed by atoms with E-state index < -0.39 is 17.6 Å². The van der Waals surface area contributed by atoms with Crippen molar-refractivity contribution in [2.45, 2.75) is 6.92 Å². The van der Waals surface area contributed by atoms with Crippen molar-refractivity contribution in [1.29, 1.82) is 0 Å². The lowest BCUT2D eigenvalue weighted by Gasteiger charge is -2.06. The maximum atomic E-state index is 13.9. The molecule has 0 bridgehead atoms. The summed E-state index contributed by atoms with van der Waals surface area (Å²) in [5, 5.41) is 2.48. The molecule has 0 saturated heterocycles. The van der Waals surface area contributed by atoms with E-state index in [-0.39, 0.29) is 11.3 Å². The predicted octanol–water partition coefficient (Wildman–Crippen LogP) is 3.81. The van der Waals surface area contributed by atoms with Crippen LogP contribution in [0.1, 0.15) is 25.8 Å². The molecule has 0 fully saturated rings. The Morgan fingerprint density at radius 1 is 1.17 bits per heavy atom. The largest absolute Gasteiger partial charge is 0.461 e. The number of benzene rings is 1. The molecule has 24 heavy (non-hydrogen) atoms. The van der Waals surface area contributed by atoms with Crippen molar-refractivity contribution in [3.63, 3.8) is 0 Å². The summed E-state index contributed by atoms with van der Waals surface area (Å²) in [4.78, 5) is 24.5. The number of nitrogens with two attached hydrogens (primary N) is 1. The molecule has 3 rings (SSSR count). The van der Waals surface area contributed by atoms with Gasteiger partial charge in [-0.2, -0.15) is 0 Å². The van der Waals surface area contributed by atoms with Crippen LogP contribution in [0.15, 0.2) is 46.9 Å². The van der Waals surface area contributed by atoms with Gasteiger partial charge in [0.15, 0.2) is 0 Å². The Morgan fingerprint density at radius 2 is 1.96 bits per heavy atom. The van der Waals surface area contributed by atoms with E-state index in [0.29, 0.717) is 10.6 Å². The molecule has 0 radical (unpaired) electrons. The zero-order valence-electron chi connectivity index (χ0n) is 12.6. The normalized spacial score (nSPS) is 10.6. The number of rotatable bonds is 4. The Kier molecular flexibility index (Phi) is 4.18. The number of carbonyl (C=O) groups excluding carboxylic acids is 2. The summed E-state index contributed by atoms with van der Waals surface area (Å²) >= 11 is 1.24. The molecular weight excluding hydrogens is 331 g/mol. The van der Waals surface area contributed by atoms with Gasteiger partial charge in [-0.25, -0.2) is 4.39 Å². The second kappa shape index (κ2) is 6.29. The van der Waals surface area contributed by atoms with Crippen LogP contribution < -0.4 is 11.1 Å². The molecule has 0 saturated carbocycles. The standard InChI is InChI=1S/C17H13FN2O3S/c1-9-2-5-13(23-9)14-6-7-15(24-14)17(22)20-12-4-3-10(16(19)21)8-11(12)18/h2-8H,1H3,(H2,19,21)(H,20,22). The van der Waals surface area contributed by atoms with Crippen LogP contribution in [0.5, 0.6) is 0 Å². The van der Waals surface area contributed by atoms with E-state index in [1.54, 1.807) is 12.1 Å². The van der Waals surface area contributed by atoms with Gasteiger partial charge in [-0.15, -0.1) is 11.3 Å². The van der Waals surface area contributed by atoms with E-state index in [1.807, 2.05) is 19.1 Å². The van der Waals surface area contributed by atoms with Gasteiger partial charge in [-0.3, -0.25) is 9.59 Å². The zero-order chi connectivity index (χ0) is 17.3. The molecule has 5 nitrogen and oxygen atoms in total. The fraction of sp³-hybridized carbons (Fsp3) is 0.0588. The van der Waals surface area contributed by atoms with Crippen molar-refractivity contribution in [1.82, 2.24) is 0 Å². The number of nitrogens with one attached hydrogen (secondary N) is 1. The molecular formula is C17H13FN2O3S. The molecule has 1 aromatic carbocycles. The van der Waals surface area contributed by atoms with Crippen molar-refractivity contribution in [2.24, 2.45) is 5.73 Å². The van der Waals surface area contributed by atoms with Gasteiger partial charge in [0.2, 0.25) is 5.91 Å². The lowest BCUT2D eigenvalue weighted by molar-refractivity contribution is 0.0998. The highest BCUT2D eigenvalue weighted by Crippen LogP contribution is 2.30. The van der Waals surface area contributed by atoms with Crippen molar-refractivity contribution >= 4 is 28.8 Å². The Labute approximate surface area is 140 Å². The summed E-state index contributed by atoms with van der Waals surface area (Å²) < 4.78 is 19.4. The molecule has 122 valence electrons. The molecule has 3 aromatic rings. The lowest BCUT2D eigenvalue weighted by Crippen LogP contribution is -2.14. The van der Waals surface area contributed by atoms with Crippen LogP contribution in [-0.2, 0) is 0 Å². The van der Waals surface area contributed by atoms with Crippen molar-refractivity contribution in [3.8, 4) is 10.6 Å². The van der Waals surface area contributed by atoms with Crippen molar-refractivity contribution in [3.05, 3.63) is 64.5 Å². The Balaban J connectivity index is 1.78. The minimum Gasteiger partial charge on any atom is -0.461 e. The molecule has 0 unspecified atom stereocenters. The van der Waals surface area contributed by atoms with E-state index in [9.17, 15) is 14.0 Å². The minimum atomic E-state index is -0.733. The molecule has 2 aromatic heterocycles. The number of amides is 2. The number of anilines is 1. The predicted molar refractivity (Wildman–Crippen MR) is 89.6 cm³/mol. The van der Waals surface area contributed by atoms with Crippen LogP contribution in [0, 0.1) is 12.7 Å². The lowest BCUT2D eigenvalue weighted by atomic mass is 10.2. The monoisotopic (exact) mass is 344 g/mol. The molecule has 7 heteroatoms. The van der Waals surface area contributed by atoms with Gasteiger partial charge in [0.05, 0.1) is 15.4 Å². The van der Waals surface area contributed by atoms with E-state index in [1.165, 1.54) is 23.5 Å². The number of thiophene rings is 1. The zero-order valence-corrected chi connectivity index (χ0v) is 13.4. The second-order valence-corrected chi connectivity index (χ2v) is 6.17. The van der Waals surface area contributed by atoms with Crippen molar-refractivity contribution < 1.29 is 18.4 Å². The number of hydrogen-bond acceptors (Lipinski definition) is 4. The average Bonchev–Trinajstić information content (AvgIpc) is 3.17. The topological polar surface area (TPSA) is 85.3 Å². The van der Waals surface area contributed by atoms with E-state index in [0.717, 1.165) is 16.7 Å². The number of furan rings is 1. The average molecular weight is 344 g/mol. The van der Waals surface area contributed by atoms with Crippen LogP contribution in [0.2, 0.25) is 0 Å². The van der Waals surface area contributed by atoms with Gasteiger partial charge in [0, 0.05) is 5.56 Å². The van der Waals surface area contributed by atoms with E-state index in [2.05, 4.69) is 5.32 Å². The number of carbonyl (C=O) groups is 2. The summed E-state index contributed by atoms with van der Waals surface area (Å²) in [6.07, 6.45) is 0. The fourth-order valence-corrected chi connectivity index (χ4v) is 2.98. The highest BCUT2D eigenvalue weighted by molar-refractivity contribution is 7.17. The van der Waals surface area contributed by atoms with Crippen LogP contribution in [0.3, 0.4) is 0 Å². The highest BCUT2D eigenvalue weighted by Gasteiger charge is 2.15. The van der Waals surface area contributed by atoms with Gasteiger partial charge in [-0.05, 0) is 49.4 Å². The molecule has 2 heterocycles. The first kappa shape index (κ1) is 15.9.